The van der Waals surface area contributed by atoms with Crippen LogP contribution in [0.1, 0.15) is 6.92 Å². The van der Waals surface area contributed by atoms with Gasteiger partial charge < -0.3 is 0 Å². The molecule has 50 valence electrons. The van der Waals surface area contributed by atoms with Crippen molar-refractivity contribution in [2.24, 2.45) is 0 Å². The molecule has 0 saturated heterocycles. The van der Waals surface area contributed by atoms with Crippen molar-refractivity contribution in [3.8, 4) is 0 Å². The summed E-state index contributed by atoms with van der Waals surface area (Å²) in [4.78, 5) is 0. The van der Waals surface area contributed by atoms with E-state index in [0.717, 1.165) is 0 Å². The van der Waals surface area contributed by atoms with Gasteiger partial charge in [-0.05, 0) is 6.92 Å². The van der Waals surface area contributed by atoms with Gasteiger partial charge in [0.1, 0.15) is 0 Å². The first kappa shape index (κ1) is 8.87. The molecule has 0 amide bonds. The number of hydrogen-bond acceptors (Lipinski definition) is 2. The van der Waals surface area contributed by atoms with Crippen molar-refractivity contribution in [1.82, 2.24) is 0 Å². The molecule has 0 aromatic carbocycles. The van der Waals surface area contributed by atoms with E-state index in [1.54, 1.807) is 0 Å². The smallest absolute Gasteiger partial charge is 0.284 e. The molecule has 6 heteroatoms. The Morgan fingerprint density at radius 3 is 1.62 bits per heavy atom. The lowest BCUT2D eigenvalue weighted by molar-refractivity contribution is 0.480. The number of halogens is 2. The van der Waals surface area contributed by atoms with Crippen LogP contribution < -0.4 is 0 Å². The highest BCUT2D eigenvalue weighted by Gasteiger charge is 2.30. The molecule has 0 rings (SSSR count). The highest BCUT2D eigenvalue weighted by atomic mass is 79.9. The summed E-state index contributed by atoms with van der Waals surface area (Å²) in [5, 5.41) is 0. The van der Waals surface area contributed by atoms with Crippen LogP contribution >= 0.6 is 31.9 Å². The lowest BCUT2D eigenvalue weighted by atomic mass is 11.0. The minimum atomic E-state index is -4.01. The molecule has 0 heterocycles. The van der Waals surface area contributed by atoms with E-state index in [1.165, 1.54) is 6.92 Å². The van der Waals surface area contributed by atoms with E-state index in [1.807, 2.05) is 0 Å². The molecule has 8 heavy (non-hydrogen) atoms. The van der Waals surface area contributed by atoms with E-state index >= 15 is 0 Å². The van der Waals surface area contributed by atoms with Gasteiger partial charge >= 0.3 is 0 Å². The van der Waals surface area contributed by atoms with Gasteiger partial charge in [-0.15, -0.1) is 0 Å². The van der Waals surface area contributed by atoms with Crippen LogP contribution in [0.15, 0.2) is 0 Å². The van der Waals surface area contributed by atoms with Gasteiger partial charge in [-0.3, -0.25) is 4.55 Å². The van der Waals surface area contributed by atoms with Crippen LogP contribution in [0.3, 0.4) is 0 Å². The van der Waals surface area contributed by atoms with Gasteiger partial charge in [0.15, 0.2) is 0 Å². The van der Waals surface area contributed by atoms with E-state index in [2.05, 4.69) is 31.9 Å². The van der Waals surface area contributed by atoms with Crippen LogP contribution in [-0.2, 0) is 10.1 Å². The third-order valence-corrected chi connectivity index (χ3v) is 3.81. The fraction of sp³-hybridized carbons (Fsp3) is 1.00. The molecule has 0 spiro atoms. The molecule has 0 atom stereocenters. The molecular formula is C2H4Br2O3S. The zero-order valence-corrected chi connectivity index (χ0v) is 7.92. The number of rotatable bonds is 1. The molecule has 0 aliphatic heterocycles. The minimum Gasteiger partial charge on any atom is -0.284 e. The van der Waals surface area contributed by atoms with E-state index in [0.29, 0.717) is 0 Å². The van der Waals surface area contributed by atoms with Gasteiger partial charge in [0.25, 0.3) is 10.1 Å². The van der Waals surface area contributed by atoms with Crippen molar-refractivity contribution < 1.29 is 13.0 Å². The van der Waals surface area contributed by atoms with Gasteiger partial charge in [-0.1, -0.05) is 31.9 Å². The summed E-state index contributed by atoms with van der Waals surface area (Å²) < 4.78 is 27.1. The molecular weight excluding hydrogens is 264 g/mol. The van der Waals surface area contributed by atoms with Gasteiger partial charge in [0, 0.05) is 0 Å². The second-order valence-electron chi connectivity index (χ2n) is 1.28. The Labute approximate surface area is 64.5 Å². The maximum Gasteiger partial charge on any atom is 0.290 e. The Morgan fingerprint density at radius 1 is 1.50 bits per heavy atom. The summed E-state index contributed by atoms with van der Waals surface area (Å²) in [7, 11) is -4.01. The summed E-state index contributed by atoms with van der Waals surface area (Å²) in [6.45, 7) is 1.27. The maximum atomic E-state index is 10.1. The van der Waals surface area contributed by atoms with Gasteiger partial charge in [-0.2, -0.15) is 8.42 Å². The van der Waals surface area contributed by atoms with Crippen LogP contribution in [0.2, 0.25) is 0 Å². The Kier molecular flexibility index (Phi) is 2.49. The fourth-order valence-corrected chi connectivity index (χ4v) is 0. The first-order chi connectivity index (χ1) is 3.25. The molecule has 0 unspecified atom stereocenters. The minimum absolute atomic E-state index is 1.27. The van der Waals surface area contributed by atoms with Crippen LogP contribution in [0.25, 0.3) is 0 Å². The summed E-state index contributed by atoms with van der Waals surface area (Å²) in [6.07, 6.45) is 0. The largest absolute Gasteiger partial charge is 0.290 e. The Bertz CT molecular complexity index is 164. The van der Waals surface area contributed by atoms with E-state index in [9.17, 15) is 8.42 Å². The second-order valence-corrected chi connectivity index (χ2v) is 8.34. The monoisotopic (exact) mass is 266 g/mol. The molecule has 0 fully saturated rings. The zero-order chi connectivity index (χ0) is 7.00. The summed E-state index contributed by atoms with van der Waals surface area (Å²) in [5.74, 6) is 0. The third kappa shape index (κ3) is 2.43. The third-order valence-electron chi connectivity index (χ3n) is 0.453. The van der Waals surface area contributed by atoms with Gasteiger partial charge in [0.05, 0.1) is 0 Å². The highest BCUT2D eigenvalue weighted by Crippen LogP contribution is 2.30. The molecule has 0 aromatic heterocycles. The molecule has 0 aromatic rings. The predicted molar refractivity (Wildman–Crippen MR) is 37.8 cm³/mol. The van der Waals surface area contributed by atoms with Crippen LogP contribution in [0, 0.1) is 0 Å². The van der Waals surface area contributed by atoms with Crippen LogP contribution in [0.4, 0.5) is 0 Å². The number of hydrogen-bond donors (Lipinski definition) is 1. The zero-order valence-electron chi connectivity index (χ0n) is 3.93. The average molecular weight is 268 g/mol. The predicted octanol–water partition coefficient (Wildman–Crippen LogP) is 1.34. The molecule has 0 saturated carbocycles. The normalized spacial score (nSPS) is 14.0. The lowest BCUT2D eigenvalue weighted by Crippen LogP contribution is -2.19. The first-order valence-corrected chi connectivity index (χ1v) is 4.62. The fourth-order valence-electron chi connectivity index (χ4n) is 0. The Balaban J connectivity index is 4.53. The van der Waals surface area contributed by atoms with Crippen molar-refractivity contribution in [1.29, 1.82) is 0 Å². The standard InChI is InChI=1S/C2H4Br2O3S/c1-2(3,4)8(5,6)7/h1H3,(H,5,6,7). The SMILES string of the molecule is CC(Br)(Br)S(=O)(=O)O. The van der Waals surface area contributed by atoms with Crippen molar-refractivity contribution in [2.45, 2.75) is 9.49 Å². The summed E-state index contributed by atoms with van der Waals surface area (Å²) in [6, 6.07) is 0. The van der Waals surface area contributed by atoms with Crippen molar-refractivity contribution in [3.05, 3.63) is 0 Å². The van der Waals surface area contributed by atoms with Gasteiger partial charge in [0.2, 0.25) is 2.57 Å². The summed E-state index contributed by atoms with van der Waals surface area (Å²) in [5.41, 5.74) is 0. The maximum absolute atomic E-state index is 10.1. The highest BCUT2D eigenvalue weighted by molar-refractivity contribution is 9.27. The van der Waals surface area contributed by atoms with Crippen molar-refractivity contribution in [3.63, 3.8) is 0 Å². The molecule has 0 radical (unpaired) electrons. The van der Waals surface area contributed by atoms with E-state index < -0.39 is 12.7 Å². The molecule has 3 nitrogen and oxygen atoms in total. The molecule has 0 aliphatic rings. The average Bonchev–Trinajstić information content (AvgIpc) is 1.25. The van der Waals surface area contributed by atoms with Crippen molar-refractivity contribution in [2.75, 3.05) is 0 Å². The van der Waals surface area contributed by atoms with E-state index in [-0.39, 0.29) is 0 Å². The van der Waals surface area contributed by atoms with Crippen molar-refractivity contribution >= 4 is 42.0 Å². The molecule has 0 aliphatic carbocycles. The van der Waals surface area contributed by atoms with E-state index in [4.69, 9.17) is 4.55 Å². The second kappa shape index (κ2) is 2.24. The lowest BCUT2D eigenvalue weighted by Gasteiger charge is -2.07. The topological polar surface area (TPSA) is 54.4 Å². The molecule has 0 bridgehead atoms. The summed E-state index contributed by atoms with van der Waals surface area (Å²) >= 11 is 5.36. The van der Waals surface area contributed by atoms with Crippen LogP contribution in [-0.4, -0.2) is 15.5 Å². The van der Waals surface area contributed by atoms with Gasteiger partial charge in [-0.25, -0.2) is 0 Å². The van der Waals surface area contributed by atoms with Crippen LogP contribution in [0.5, 0.6) is 0 Å². The molecule has 1 N–H and O–H groups in total. The Morgan fingerprint density at radius 2 is 1.62 bits per heavy atom. The first-order valence-electron chi connectivity index (χ1n) is 1.60. The quantitative estimate of drug-likeness (QED) is 0.576. The Hall–Kier alpha value is 0.870. The number of alkyl halides is 2.